The standard InChI is InChI=1S/C12H15N5O4/c1-8-15-12(16-21-8)7-14-11-6-9(17(19)20)2-3-10(11)13-4-5-18/h2-3,6,13-14,18H,4-5,7H2,1H3. The second-order valence-electron chi connectivity index (χ2n) is 4.22. The number of anilines is 2. The van der Waals surface area contributed by atoms with Gasteiger partial charge < -0.3 is 20.3 Å². The van der Waals surface area contributed by atoms with Gasteiger partial charge in [-0.1, -0.05) is 5.16 Å². The van der Waals surface area contributed by atoms with E-state index in [-0.39, 0.29) is 18.8 Å². The molecule has 9 heteroatoms. The van der Waals surface area contributed by atoms with Crippen molar-refractivity contribution in [3.63, 3.8) is 0 Å². The molecular formula is C12H15N5O4. The topological polar surface area (TPSA) is 126 Å². The molecule has 0 atom stereocenters. The molecule has 9 nitrogen and oxygen atoms in total. The van der Waals surface area contributed by atoms with Crippen molar-refractivity contribution in [1.82, 2.24) is 10.1 Å². The Bertz CT molecular complexity index is 628. The minimum absolute atomic E-state index is 0.0312. The van der Waals surface area contributed by atoms with Gasteiger partial charge in [0.05, 0.1) is 29.4 Å². The fraction of sp³-hybridized carbons (Fsp3) is 0.333. The first kappa shape index (κ1) is 14.7. The van der Waals surface area contributed by atoms with Gasteiger partial charge >= 0.3 is 0 Å². The van der Waals surface area contributed by atoms with E-state index in [0.29, 0.717) is 29.6 Å². The highest BCUT2D eigenvalue weighted by Crippen LogP contribution is 2.27. The summed E-state index contributed by atoms with van der Waals surface area (Å²) in [5, 5.41) is 29.4. The van der Waals surface area contributed by atoms with Gasteiger partial charge in [-0.05, 0) is 6.07 Å². The van der Waals surface area contributed by atoms with Gasteiger partial charge in [-0.3, -0.25) is 10.1 Å². The van der Waals surface area contributed by atoms with Gasteiger partial charge in [-0.15, -0.1) is 0 Å². The van der Waals surface area contributed by atoms with E-state index in [4.69, 9.17) is 9.63 Å². The maximum atomic E-state index is 10.8. The number of nitro benzene ring substituents is 1. The van der Waals surface area contributed by atoms with Crippen molar-refractivity contribution >= 4 is 17.1 Å². The summed E-state index contributed by atoms with van der Waals surface area (Å²) in [5.41, 5.74) is 1.14. The van der Waals surface area contributed by atoms with Gasteiger partial charge in [0.15, 0.2) is 5.82 Å². The number of hydrogen-bond acceptors (Lipinski definition) is 8. The zero-order valence-corrected chi connectivity index (χ0v) is 11.4. The van der Waals surface area contributed by atoms with Crippen LogP contribution in [0.15, 0.2) is 22.7 Å². The first-order chi connectivity index (χ1) is 10.1. The number of rotatable bonds is 7. The molecule has 3 N–H and O–H groups in total. The van der Waals surface area contributed by atoms with E-state index in [9.17, 15) is 10.1 Å². The molecule has 0 aliphatic heterocycles. The largest absolute Gasteiger partial charge is 0.395 e. The van der Waals surface area contributed by atoms with Crippen LogP contribution in [0.3, 0.4) is 0 Å². The minimum Gasteiger partial charge on any atom is -0.395 e. The van der Waals surface area contributed by atoms with Crippen molar-refractivity contribution < 1.29 is 14.6 Å². The van der Waals surface area contributed by atoms with E-state index in [1.165, 1.54) is 12.1 Å². The summed E-state index contributed by atoms with van der Waals surface area (Å²) in [7, 11) is 0. The number of aromatic nitrogens is 2. The van der Waals surface area contributed by atoms with E-state index in [2.05, 4.69) is 20.8 Å². The van der Waals surface area contributed by atoms with E-state index in [1.54, 1.807) is 13.0 Å². The van der Waals surface area contributed by atoms with Crippen LogP contribution in [0.4, 0.5) is 17.1 Å². The molecule has 0 aliphatic rings. The average Bonchev–Trinajstić information content (AvgIpc) is 2.88. The van der Waals surface area contributed by atoms with Gasteiger partial charge in [0.2, 0.25) is 5.89 Å². The Labute approximate surface area is 120 Å². The normalized spacial score (nSPS) is 10.4. The van der Waals surface area contributed by atoms with Gasteiger partial charge in [0, 0.05) is 25.6 Å². The predicted octanol–water partition coefficient (Wildman–Crippen LogP) is 1.30. The molecule has 0 fully saturated rings. The lowest BCUT2D eigenvalue weighted by Crippen LogP contribution is -2.09. The molecule has 0 radical (unpaired) electrons. The molecule has 0 spiro atoms. The molecule has 0 saturated heterocycles. The summed E-state index contributed by atoms with van der Waals surface area (Å²) in [6.07, 6.45) is 0. The van der Waals surface area contributed by atoms with Crippen molar-refractivity contribution in [2.75, 3.05) is 23.8 Å². The predicted molar refractivity (Wildman–Crippen MR) is 75.0 cm³/mol. The number of nitrogens with zero attached hydrogens (tertiary/aromatic N) is 3. The van der Waals surface area contributed by atoms with Crippen molar-refractivity contribution in [3.05, 3.63) is 40.0 Å². The Balaban J connectivity index is 2.16. The molecule has 112 valence electrons. The number of aliphatic hydroxyl groups is 1. The highest BCUT2D eigenvalue weighted by molar-refractivity contribution is 5.71. The maximum absolute atomic E-state index is 10.8. The maximum Gasteiger partial charge on any atom is 0.271 e. The number of benzene rings is 1. The SMILES string of the molecule is Cc1nc(CNc2cc([N+](=O)[O-])ccc2NCCO)no1. The lowest BCUT2D eigenvalue weighted by molar-refractivity contribution is -0.384. The fourth-order valence-electron chi connectivity index (χ4n) is 1.72. The van der Waals surface area contributed by atoms with Crippen molar-refractivity contribution in [2.45, 2.75) is 13.5 Å². The van der Waals surface area contributed by atoms with Crippen LogP contribution in [0.2, 0.25) is 0 Å². The zero-order valence-electron chi connectivity index (χ0n) is 11.4. The number of hydrogen-bond donors (Lipinski definition) is 3. The van der Waals surface area contributed by atoms with Gasteiger partial charge in [-0.25, -0.2) is 0 Å². The van der Waals surface area contributed by atoms with Gasteiger partial charge in [0.25, 0.3) is 5.69 Å². The van der Waals surface area contributed by atoms with E-state index in [1.807, 2.05) is 0 Å². The first-order valence-electron chi connectivity index (χ1n) is 6.26. The molecule has 2 aromatic rings. The van der Waals surface area contributed by atoms with E-state index >= 15 is 0 Å². The van der Waals surface area contributed by atoms with Crippen molar-refractivity contribution in [3.8, 4) is 0 Å². The zero-order chi connectivity index (χ0) is 15.2. The quantitative estimate of drug-likeness (QED) is 0.515. The molecule has 0 aliphatic carbocycles. The number of nitrogens with one attached hydrogen (secondary N) is 2. The van der Waals surface area contributed by atoms with Crippen LogP contribution in [0.5, 0.6) is 0 Å². The summed E-state index contributed by atoms with van der Waals surface area (Å²) in [5.74, 6) is 0.900. The van der Waals surface area contributed by atoms with Crippen molar-refractivity contribution in [2.24, 2.45) is 0 Å². The third kappa shape index (κ3) is 3.89. The van der Waals surface area contributed by atoms with Crippen LogP contribution in [0.1, 0.15) is 11.7 Å². The third-order valence-corrected chi connectivity index (χ3v) is 2.65. The average molecular weight is 293 g/mol. The third-order valence-electron chi connectivity index (χ3n) is 2.65. The Hall–Kier alpha value is -2.68. The highest BCUT2D eigenvalue weighted by Gasteiger charge is 2.11. The Morgan fingerprint density at radius 2 is 2.19 bits per heavy atom. The number of nitro groups is 1. The first-order valence-corrected chi connectivity index (χ1v) is 6.26. The minimum atomic E-state index is -0.473. The molecule has 0 saturated carbocycles. The lowest BCUT2D eigenvalue weighted by atomic mass is 10.2. The molecule has 0 bridgehead atoms. The van der Waals surface area contributed by atoms with Crippen LogP contribution in [-0.4, -0.2) is 33.3 Å². The molecule has 0 unspecified atom stereocenters. The summed E-state index contributed by atoms with van der Waals surface area (Å²) in [6, 6.07) is 4.38. The summed E-state index contributed by atoms with van der Waals surface area (Å²) < 4.78 is 4.85. The van der Waals surface area contributed by atoms with Crippen molar-refractivity contribution in [1.29, 1.82) is 0 Å². The van der Waals surface area contributed by atoms with E-state index < -0.39 is 4.92 Å². The molecule has 21 heavy (non-hydrogen) atoms. The Morgan fingerprint density at radius 3 is 2.81 bits per heavy atom. The molecule has 1 aromatic carbocycles. The number of aliphatic hydroxyl groups excluding tert-OH is 1. The lowest BCUT2D eigenvalue weighted by Gasteiger charge is -2.12. The van der Waals surface area contributed by atoms with Crippen LogP contribution in [0, 0.1) is 17.0 Å². The second kappa shape index (κ2) is 6.66. The van der Waals surface area contributed by atoms with E-state index in [0.717, 1.165) is 0 Å². The second-order valence-corrected chi connectivity index (χ2v) is 4.22. The highest BCUT2D eigenvalue weighted by atomic mass is 16.6. The fourth-order valence-corrected chi connectivity index (χ4v) is 1.72. The monoisotopic (exact) mass is 293 g/mol. The molecular weight excluding hydrogens is 278 g/mol. The summed E-state index contributed by atoms with van der Waals surface area (Å²) in [6.45, 7) is 2.25. The molecule has 2 rings (SSSR count). The van der Waals surface area contributed by atoms with Crippen LogP contribution in [0.25, 0.3) is 0 Å². The van der Waals surface area contributed by atoms with Crippen LogP contribution in [-0.2, 0) is 6.54 Å². The molecule has 1 heterocycles. The molecule has 0 amide bonds. The number of non-ortho nitro benzene ring substituents is 1. The molecule has 1 aromatic heterocycles. The van der Waals surface area contributed by atoms with Crippen LogP contribution >= 0.6 is 0 Å². The summed E-state index contributed by atoms with van der Waals surface area (Å²) in [4.78, 5) is 14.4. The smallest absolute Gasteiger partial charge is 0.271 e. The number of aryl methyl sites for hydroxylation is 1. The Morgan fingerprint density at radius 1 is 1.38 bits per heavy atom. The summed E-state index contributed by atoms with van der Waals surface area (Å²) >= 11 is 0. The van der Waals surface area contributed by atoms with Gasteiger partial charge in [0.1, 0.15) is 0 Å². The van der Waals surface area contributed by atoms with Crippen LogP contribution < -0.4 is 10.6 Å². The Kier molecular flexibility index (Phi) is 4.67. The van der Waals surface area contributed by atoms with Gasteiger partial charge in [-0.2, -0.15) is 4.98 Å².